The summed E-state index contributed by atoms with van der Waals surface area (Å²) >= 11 is 3.14. The molecule has 202 valence electrons. The van der Waals surface area contributed by atoms with Crippen LogP contribution in [0.25, 0.3) is 10.2 Å². The average molecular weight is 573 g/mol. The van der Waals surface area contributed by atoms with Crippen LogP contribution in [0, 0.1) is 0 Å². The predicted molar refractivity (Wildman–Crippen MR) is 156 cm³/mol. The number of ether oxygens (including phenoxy) is 1. The zero-order valence-corrected chi connectivity index (χ0v) is 23.9. The van der Waals surface area contributed by atoms with Crippen molar-refractivity contribution in [1.82, 2.24) is 14.2 Å². The van der Waals surface area contributed by atoms with Crippen LogP contribution >= 0.6 is 23.1 Å². The Morgan fingerprint density at radius 3 is 2.45 bits per heavy atom. The fourth-order valence-electron chi connectivity index (χ4n) is 4.12. The molecule has 2 heterocycles. The highest BCUT2D eigenvalue weighted by molar-refractivity contribution is 7.98. The summed E-state index contributed by atoms with van der Waals surface area (Å²) in [5, 5.41) is 0.622. The molecule has 1 aromatic heterocycles. The molecule has 1 aliphatic rings. The van der Waals surface area contributed by atoms with E-state index in [1.807, 2.05) is 18.4 Å². The van der Waals surface area contributed by atoms with Gasteiger partial charge in [0.2, 0.25) is 10.0 Å². The van der Waals surface area contributed by atoms with Gasteiger partial charge >= 0.3 is 0 Å². The van der Waals surface area contributed by atoms with E-state index in [0.717, 1.165) is 28.2 Å². The van der Waals surface area contributed by atoms with E-state index in [1.54, 1.807) is 28.8 Å². The molecule has 0 atom stereocenters. The number of nitrogens with zero attached hydrogens (tertiary/aromatic N) is 4. The standard InChI is InChI=1S/C27H32N4O4S3/c1-4-12-30(13-5-2)38(33,34)23-9-6-21(7-10-23)26(32)31(15-14-29-16-18-35-19-17-29)27-28-24-11-8-22(36-3)20-25(24)37-27/h4-11,20H,1-2,12-19H2,3H3. The van der Waals surface area contributed by atoms with Gasteiger partial charge in [-0.1, -0.05) is 23.5 Å². The molecule has 3 aromatic rings. The molecule has 0 bridgehead atoms. The van der Waals surface area contributed by atoms with Gasteiger partial charge in [0.05, 0.1) is 28.3 Å². The number of rotatable bonds is 12. The molecule has 1 saturated heterocycles. The van der Waals surface area contributed by atoms with Crippen LogP contribution in [0.3, 0.4) is 0 Å². The first-order chi connectivity index (χ1) is 18.4. The number of fused-ring (bicyclic) bond motifs is 1. The van der Waals surface area contributed by atoms with Crippen molar-refractivity contribution in [2.24, 2.45) is 0 Å². The smallest absolute Gasteiger partial charge is 0.260 e. The lowest BCUT2D eigenvalue weighted by Crippen LogP contribution is -2.43. The van der Waals surface area contributed by atoms with Crippen molar-refractivity contribution < 1.29 is 17.9 Å². The third kappa shape index (κ3) is 6.53. The van der Waals surface area contributed by atoms with E-state index >= 15 is 0 Å². The molecule has 0 spiro atoms. The number of carbonyl (C=O) groups is 1. The molecule has 4 rings (SSSR count). The number of sulfonamides is 1. The lowest BCUT2D eigenvalue weighted by atomic mass is 10.2. The summed E-state index contributed by atoms with van der Waals surface area (Å²) in [5.74, 6) is -0.222. The number of benzene rings is 2. The number of aromatic nitrogens is 1. The average Bonchev–Trinajstić information content (AvgIpc) is 3.36. The molecule has 38 heavy (non-hydrogen) atoms. The Morgan fingerprint density at radius 1 is 1.13 bits per heavy atom. The van der Waals surface area contributed by atoms with E-state index in [2.05, 4.69) is 24.1 Å². The van der Waals surface area contributed by atoms with Crippen molar-refractivity contribution in [3.8, 4) is 0 Å². The van der Waals surface area contributed by atoms with E-state index in [1.165, 1.54) is 39.9 Å². The molecule has 0 unspecified atom stereocenters. The van der Waals surface area contributed by atoms with Gasteiger partial charge in [-0.2, -0.15) is 4.31 Å². The molecule has 0 aliphatic carbocycles. The van der Waals surface area contributed by atoms with Crippen molar-refractivity contribution >= 4 is 54.4 Å². The summed E-state index contributed by atoms with van der Waals surface area (Å²) in [6.07, 6.45) is 5.09. The molecule has 0 N–H and O–H groups in total. The van der Waals surface area contributed by atoms with Gasteiger partial charge in [-0.05, 0) is 48.7 Å². The van der Waals surface area contributed by atoms with Crippen LogP contribution in [0.15, 0.2) is 77.6 Å². The van der Waals surface area contributed by atoms with Crippen molar-refractivity contribution in [3.05, 3.63) is 73.3 Å². The van der Waals surface area contributed by atoms with E-state index in [-0.39, 0.29) is 23.9 Å². The van der Waals surface area contributed by atoms with E-state index in [0.29, 0.717) is 37.0 Å². The molecule has 2 aromatic carbocycles. The summed E-state index contributed by atoms with van der Waals surface area (Å²) in [6, 6.07) is 12.2. The number of hydrogen-bond acceptors (Lipinski definition) is 8. The minimum Gasteiger partial charge on any atom is -0.379 e. The highest BCUT2D eigenvalue weighted by Crippen LogP contribution is 2.32. The first-order valence-electron chi connectivity index (χ1n) is 12.3. The second kappa shape index (κ2) is 13.0. The molecular formula is C27H32N4O4S3. The lowest BCUT2D eigenvalue weighted by molar-refractivity contribution is 0.0391. The van der Waals surface area contributed by atoms with Crippen LogP contribution in [0.4, 0.5) is 5.13 Å². The Hall–Kier alpha value is -2.54. The van der Waals surface area contributed by atoms with Gasteiger partial charge in [-0.15, -0.1) is 24.9 Å². The van der Waals surface area contributed by atoms with Crippen molar-refractivity contribution in [2.45, 2.75) is 9.79 Å². The zero-order chi connectivity index (χ0) is 27.1. The lowest BCUT2D eigenvalue weighted by Gasteiger charge is -2.29. The third-order valence-corrected chi connectivity index (χ3v) is 9.82. The first-order valence-corrected chi connectivity index (χ1v) is 15.7. The van der Waals surface area contributed by atoms with Crippen LogP contribution in [0.5, 0.6) is 0 Å². The molecule has 8 nitrogen and oxygen atoms in total. The minimum absolute atomic E-state index is 0.113. The Balaban J connectivity index is 1.62. The van der Waals surface area contributed by atoms with E-state index in [9.17, 15) is 13.2 Å². The Bertz CT molecular complexity index is 1370. The van der Waals surface area contributed by atoms with E-state index < -0.39 is 10.0 Å². The number of hydrogen-bond donors (Lipinski definition) is 0. The maximum absolute atomic E-state index is 13.8. The first kappa shape index (κ1) is 28.5. The van der Waals surface area contributed by atoms with Crippen molar-refractivity contribution in [2.75, 3.05) is 63.6 Å². The third-order valence-electron chi connectivity index (χ3n) is 6.21. The Morgan fingerprint density at radius 2 is 1.82 bits per heavy atom. The maximum atomic E-state index is 13.8. The fourth-order valence-corrected chi connectivity index (χ4v) is 7.04. The molecule has 1 fully saturated rings. The number of carbonyl (C=O) groups excluding carboxylic acids is 1. The Labute approximate surface area is 232 Å². The summed E-state index contributed by atoms with van der Waals surface area (Å²) in [6.45, 7) is 11.8. The quantitative estimate of drug-likeness (QED) is 0.236. The van der Waals surface area contributed by atoms with Gasteiger partial charge in [-0.3, -0.25) is 14.6 Å². The van der Waals surface area contributed by atoms with Crippen molar-refractivity contribution in [1.29, 1.82) is 0 Å². The van der Waals surface area contributed by atoms with Crippen molar-refractivity contribution in [3.63, 3.8) is 0 Å². The second-order valence-corrected chi connectivity index (χ2v) is 12.5. The molecule has 0 radical (unpaired) electrons. The number of amides is 1. The van der Waals surface area contributed by atoms with Gasteiger partial charge in [0.15, 0.2) is 5.13 Å². The molecule has 1 aliphatic heterocycles. The van der Waals surface area contributed by atoms with Crippen LogP contribution in [-0.4, -0.2) is 87.3 Å². The summed E-state index contributed by atoms with van der Waals surface area (Å²) in [5.41, 5.74) is 1.24. The summed E-state index contributed by atoms with van der Waals surface area (Å²) < 4.78 is 33.9. The highest BCUT2D eigenvalue weighted by Gasteiger charge is 2.26. The van der Waals surface area contributed by atoms with Crippen LogP contribution in [0.2, 0.25) is 0 Å². The number of anilines is 1. The van der Waals surface area contributed by atoms with Crippen LogP contribution in [0.1, 0.15) is 10.4 Å². The normalized spacial score (nSPS) is 14.6. The topological polar surface area (TPSA) is 83.1 Å². The van der Waals surface area contributed by atoms with Gasteiger partial charge < -0.3 is 4.74 Å². The molecule has 0 saturated carbocycles. The molecular weight excluding hydrogens is 541 g/mol. The highest BCUT2D eigenvalue weighted by atomic mass is 32.2. The summed E-state index contributed by atoms with van der Waals surface area (Å²) in [4.78, 5) is 23.8. The largest absolute Gasteiger partial charge is 0.379 e. The van der Waals surface area contributed by atoms with Gasteiger partial charge in [0, 0.05) is 49.7 Å². The van der Waals surface area contributed by atoms with Gasteiger partial charge in [0.1, 0.15) is 0 Å². The van der Waals surface area contributed by atoms with Crippen LogP contribution in [-0.2, 0) is 14.8 Å². The SMILES string of the molecule is C=CCN(CC=C)S(=O)(=O)c1ccc(C(=O)N(CCN2CCOCC2)c2nc3ccc(SC)cc3s2)cc1. The summed E-state index contributed by atoms with van der Waals surface area (Å²) in [7, 11) is -3.75. The van der Waals surface area contributed by atoms with Gasteiger partial charge in [0.25, 0.3) is 5.91 Å². The number of thioether (sulfide) groups is 1. The fraction of sp³-hybridized carbons (Fsp3) is 0.333. The number of morpholine rings is 1. The van der Waals surface area contributed by atoms with E-state index in [4.69, 9.17) is 9.72 Å². The van der Waals surface area contributed by atoms with Crippen LogP contribution < -0.4 is 4.90 Å². The zero-order valence-electron chi connectivity index (χ0n) is 21.4. The molecule has 11 heteroatoms. The predicted octanol–water partition coefficient (Wildman–Crippen LogP) is 4.36. The Kier molecular flexibility index (Phi) is 9.74. The van der Waals surface area contributed by atoms with Gasteiger partial charge in [-0.25, -0.2) is 13.4 Å². The second-order valence-electron chi connectivity index (χ2n) is 8.66. The molecule has 1 amide bonds. The monoisotopic (exact) mass is 572 g/mol. The minimum atomic E-state index is -3.75. The number of thiazole rings is 1. The maximum Gasteiger partial charge on any atom is 0.260 e.